The average Bonchev–Trinajstić information content (AvgIpc) is 2.77. The lowest BCUT2D eigenvalue weighted by Crippen LogP contribution is -2.03. The molecule has 0 radical (unpaired) electrons. The highest BCUT2D eigenvalue weighted by atomic mass is 16.8. The van der Waals surface area contributed by atoms with Crippen LogP contribution in [0.2, 0.25) is 0 Å². The highest BCUT2D eigenvalue weighted by Gasteiger charge is 2.09. The minimum absolute atomic E-state index is 0.167. The molecule has 1 aliphatic rings. The van der Waals surface area contributed by atoms with Gasteiger partial charge in [-0.25, -0.2) is 9.59 Å². The molecule has 0 N–H and O–H groups in total. The lowest BCUT2D eigenvalue weighted by molar-refractivity contribution is -0.115. The quantitative estimate of drug-likeness (QED) is 0.704. The molecule has 1 saturated heterocycles. The Morgan fingerprint density at radius 2 is 1.67 bits per heavy atom. The van der Waals surface area contributed by atoms with Crippen LogP contribution in [0.25, 0.3) is 0 Å². The van der Waals surface area contributed by atoms with E-state index in [9.17, 15) is 14.4 Å². The van der Waals surface area contributed by atoms with E-state index in [1.807, 2.05) is 6.92 Å². The van der Waals surface area contributed by atoms with Gasteiger partial charge in [-0.2, -0.15) is 0 Å². The van der Waals surface area contributed by atoms with Gasteiger partial charge in [0, 0.05) is 0 Å². The fourth-order valence-electron chi connectivity index (χ4n) is 0.536. The van der Waals surface area contributed by atoms with E-state index in [0.29, 0.717) is 19.8 Å². The first kappa shape index (κ1) is 18.6. The molecule has 7 nitrogen and oxygen atoms in total. The van der Waals surface area contributed by atoms with Crippen LogP contribution in [-0.4, -0.2) is 45.0 Å². The molecule has 1 aliphatic heterocycles. The summed E-state index contributed by atoms with van der Waals surface area (Å²) >= 11 is 0. The van der Waals surface area contributed by atoms with Crippen molar-refractivity contribution in [2.75, 3.05) is 26.9 Å². The van der Waals surface area contributed by atoms with Gasteiger partial charge < -0.3 is 23.7 Å². The highest BCUT2D eigenvalue weighted by molar-refractivity contribution is 5.72. The van der Waals surface area contributed by atoms with Gasteiger partial charge in [-0.05, 0) is 20.3 Å². The van der Waals surface area contributed by atoms with Crippen molar-refractivity contribution < 1.29 is 33.3 Å². The van der Waals surface area contributed by atoms with Gasteiger partial charge in [0.1, 0.15) is 19.0 Å². The molecule has 0 aliphatic carbocycles. The Labute approximate surface area is 106 Å². The maximum Gasteiger partial charge on any atom is 0.508 e. The van der Waals surface area contributed by atoms with Gasteiger partial charge in [0.25, 0.3) is 0 Å². The Hall–Kier alpha value is -1.79. The second-order valence-electron chi connectivity index (χ2n) is 3.16. The third kappa shape index (κ3) is 19.7. The third-order valence-electron chi connectivity index (χ3n) is 1.11. The largest absolute Gasteiger partial charge is 0.508 e. The van der Waals surface area contributed by atoms with Gasteiger partial charge in [0.15, 0.2) is 0 Å². The average molecular weight is 264 g/mol. The SMILES string of the molecule is CC(C)=O.CCCOC(=O)OC.O=C1OCCO1. The topological polar surface area (TPSA) is 88.1 Å². The summed E-state index contributed by atoms with van der Waals surface area (Å²) < 4.78 is 17.3. The predicted octanol–water partition coefficient (Wildman–Crippen LogP) is 1.93. The van der Waals surface area contributed by atoms with Crippen molar-refractivity contribution in [2.45, 2.75) is 27.2 Å². The number of Topliss-reactive ketones (excluding diaryl/α,β-unsaturated/α-hetero) is 1. The molecular weight excluding hydrogens is 244 g/mol. The van der Waals surface area contributed by atoms with Gasteiger partial charge in [-0.15, -0.1) is 0 Å². The molecule has 0 unspecified atom stereocenters. The van der Waals surface area contributed by atoms with Gasteiger partial charge in [-0.1, -0.05) is 6.92 Å². The van der Waals surface area contributed by atoms with Crippen molar-refractivity contribution >= 4 is 18.1 Å². The van der Waals surface area contributed by atoms with Crippen molar-refractivity contribution in [2.24, 2.45) is 0 Å². The molecule has 0 aromatic heterocycles. The van der Waals surface area contributed by atoms with Crippen LogP contribution in [0.3, 0.4) is 0 Å². The lowest BCUT2D eigenvalue weighted by Gasteiger charge is -1.97. The molecular formula is C11H20O7. The lowest BCUT2D eigenvalue weighted by atomic mass is 10.5. The summed E-state index contributed by atoms with van der Waals surface area (Å²) in [6.45, 7) is 6.24. The number of hydrogen-bond donors (Lipinski definition) is 0. The standard InChI is InChI=1S/C5H10O3.C3H4O3.C3H6O/c1-3-4-8-5(6)7-2;4-3-5-1-2-6-3;1-3(2)4/h3-4H2,1-2H3;1-2H2;1-2H3. The van der Waals surface area contributed by atoms with Crippen LogP contribution < -0.4 is 0 Å². The number of carbonyl (C=O) groups excluding carboxylic acids is 3. The minimum atomic E-state index is -0.605. The molecule has 1 heterocycles. The van der Waals surface area contributed by atoms with Crippen LogP contribution in [-0.2, 0) is 23.7 Å². The molecule has 0 aromatic carbocycles. The van der Waals surface area contributed by atoms with Crippen molar-refractivity contribution in [1.82, 2.24) is 0 Å². The fourth-order valence-corrected chi connectivity index (χ4v) is 0.536. The van der Waals surface area contributed by atoms with Crippen molar-refractivity contribution in [1.29, 1.82) is 0 Å². The smallest absolute Gasteiger partial charge is 0.438 e. The third-order valence-corrected chi connectivity index (χ3v) is 1.11. The molecule has 0 aromatic rings. The van der Waals surface area contributed by atoms with Crippen LogP contribution >= 0.6 is 0 Å². The monoisotopic (exact) mass is 264 g/mol. The molecule has 106 valence electrons. The normalized spacial score (nSPS) is 11.7. The number of ether oxygens (including phenoxy) is 4. The van der Waals surface area contributed by atoms with E-state index in [-0.39, 0.29) is 5.78 Å². The molecule has 0 amide bonds. The van der Waals surface area contributed by atoms with Gasteiger partial charge in [-0.3, -0.25) is 0 Å². The van der Waals surface area contributed by atoms with Crippen molar-refractivity contribution in [3.05, 3.63) is 0 Å². The zero-order valence-electron chi connectivity index (χ0n) is 11.2. The Bertz CT molecular complexity index is 238. The summed E-state index contributed by atoms with van der Waals surface area (Å²) in [6.07, 6.45) is -0.323. The molecule has 1 fully saturated rings. The zero-order valence-corrected chi connectivity index (χ0v) is 11.2. The first-order valence-electron chi connectivity index (χ1n) is 5.41. The van der Waals surface area contributed by atoms with E-state index >= 15 is 0 Å². The maximum absolute atomic E-state index is 10.1. The van der Waals surface area contributed by atoms with Crippen LogP contribution in [0.15, 0.2) is 0 Å². The van der Waals surface area contributed by atoms with E-state index in [0.717, 1.165) is 6.42 Å². The van der Waals surface area contributed by atoms with E-state index in [1.54, 1.807) is 0 Å². The summed E-state index contributed by atoms with van der Waals surface area (Å²) in [5, 5.41) is 0. The number of methoxy groups -OCH3 is 1. The summed E-state index contributed by atoms with van der Waals surface area (Å²) in [5.41, 5.74) is 0. The second kappa shape index (κ2) is 13.3. The first-order chi connectivity index (χ1) is 8.43. The van der Waals surface area contributed by atoms with Gasteiger partial charge >= 0.3 is 12.3 Å². The number of carbonyl (C=O) groups is 3. The van der Waals surface area contributed by atoms with E-state index in [4.69, 9.17) is 0 Å². The van der Waals surface area contributed by atoms with Crippen LogP contribution in [0.1, 0.15) is 27.2 Å². The summed E-state index contributed by atoms with van der Waals surface area (Å²) in [4.78, 5) is 29.4. The molecule has 0 atom stereocenters. The number of ketones is 1. The molecule has 0 bridgehead atoms. The summed E-state index contributed by atoms with van der Waals surface area (Å²) in [5.74, 6) is 0.167. The Balaban J connectivity index is 0. The number of rotatable bonds is 2. The van der Waals surface area contributed by atoms with E-state index < -0.39 is 12.3 Å². The molecule has 0 spiro atoms. The molecule has 7 heteroatoms. The Morgan fingerprint density at radius 3 is 1.89 bits per heavy atom. The predicted molar refractivity (Wildman–Crippen MR) is 62.3 cm³/mol. The number of cyclic esters (lactones) is 2. The van der Waals surface area contributed by atoms with Crippen LogP contribution in [0.4, 0.5) is 9.59 Å². The van der Waals surface area contributed by atoms with Crippen LogP contribution in [0.5, 0.6) is 0 Å². The van der Waals surface area contributed by atoms with Gasteiger partial charge in [0.2, 0.25) is 0 Å². The Kier molecular flexibility index (Phi) is 13.7. The van der Waals surface area contributed by atoms with Gasteiger partial charge in [0.05, 0.1) is 13.7 Å². The van der Waals surface area contributed by atoms with E-state index in [1.165, 1.54) is 21.0 Å². The van der Waals surface area contributed by atoms with Crippen molar-refractivity contribution in [3.8, 4) is 0 Å². The summed E-state index contributed by atoms with van der Waals surface area (Å²) in [6, 6.07) is 0. The Morgan fingerprint density at radius 1 is 1.22 bits per heavy atom. The summed E-state index contributed by atoms with van der Waals surface area (Å²) in [7, 11) is 1.29. The minimum Gasteiger partial charge on any atom is -0.438 e. The van der Waals surface area contributed by atoms with Crippen molar-refractivity contribution in [3.63, 3.8) is 0 Å². The molecule has 18 heavy (non-hydrogen) atoms. The van der Waals surface area contributed by atoms with E-state index in [2.05, 4.69) is 18.9 Å². The molecule has 0 saturated carbocycles. The molecule has 1 rings (SSSR count). The number of hydrogen-bond acceptors (Lipinski definition) is 7. The zero-order chi connectivity index (χ0) is 14.4. The second-order valence-corrected chi connectivity index (χ2v) is 3.16. The highest BCUT2D eigenvalue weighted by Crippen LogP contribution is 1.92. The fraction of sp³-hybridized carbons (Fsp3) is 0.727. The van der Waals surface area contributed by atoms with Crippen LogP contribution in [0, 0.1) is 0 Å². The maximum atomic E-state index is 10.1. The first-order valence-corrected chi connectivity index (χ1v) is 5.41.